The van der Waals surface area contributed by atoms with Gasteiger partial charge in [0.05, 0.1) is 13.2 Å². The minimum absolute atomic E-state index is 0.0519. The van der Waals surface area contributed by atoms with Crippen LogP contribution in [0.25, 0.3) is 0 Å². The van der Waals surface area contributed by atoms with Gasteiger partial charge in [-0.25, -0.2) is 4.39 Å². The van der Waals surface area contributed by atoms with Gasteiger partial charge in [-0.05, 0) is 61.7 Å². The van der Waals surface area contributed by atoms with Crippen LogP contribution in [-0.2, 0) is 6.42 Å². The van der Waals surface area contributed by atoms with Crippen molar-refractivity contribution in [2.45, 2.75) is 39.0 Å². The first kappa shape index (κ1) is 19.3. The zero-order valence-electron chi connectivity index (χ0n) is 15.1. The largest absolute Gasteiger partial charge is 0.494 e. The summed E-state index contributed by atoms with van der Waals surface area (Å²) in [5.74, 6) is 0.874. The third kappa shape index (κ3) is 5.75. The molecular formula is C21H28FNO2. The van der Waals surface area contributed by atoms with E-state index < -0.39 is 0 Å². The number of ether oxygens (including phenoxy) is 2. The molecule has 0 radical (unpaired) electrons. The quantitative estimate of drug-likeness (QED) is 0.636. The predicted octanol–water partition coefficient (Wildman–Crippen LogP) is 4.69. The van der Waals surface area contributed by atoms with E-state index in [1.807, 2.05) is 31.2 Å². The van der Waals surface area contributed by atoms with Crippen LogP contribution < -0.4 is 15.2 Å². The summed E-state index contributed by atoms with van der Waals surface area (Å²) in [5, 5.41) is 0. The van der Waals surface area contributed by atoms with E-state index in [0.717, 1.165) is 42.7 Å². The van der Waals surface area contributed by atoms with Crippen LogP contribution in [-0.4, -0.2) is 19.8 Å². The molecule has 0 saturated carbocycles. The Morgan fingerprint density at radius 3 is 2.60 bits per heavy atom. The van der Waals surface area contributed by atoms with Crippen LogP contribution in [0.15, 0.2) is 42.5 Å². The number of rotatable bonds is 10. The highest BCUT2D eigenvalue weighted by Crippen LogP contribution is 2.26. The van der Waals surface area contributed by atoms with Crippen LogP contribution in [0.5, 0.6) is 11.5 Å². The van der Waals surface area contributed by atoms with E-state index in [-0.39, 0.29) is 17.5 Å². The fourth-order valence-electron chi connectivity index (χ4n) is 2.76. The van der Waals surface area contributed by atoms with E-state index in [9.17, 15) is 4.39 Å². The van der Waals surface area contributed by atoms with Gasteiger partial charge >= 0.3 is 0 Å². The maximum absolute atomic E-state index is 14.1. The smallest absolute Gasteiger partial charge is 0.165 e. The van der Waals surface area contributed by atoms with Crippen LogP contribution in [0.1, 0.15) is 43.7 Å². The maximum Gasteiger partial charge on any atom is 0.165 e. The molecule has 0 aliphatic carbocycles. The second-order valence-electron chi connectivity index (χ2n) is 6.11. The van der Waals surface area contributed by atoms with Gasteiger partial charge in [0, 0.05) is 5.92 Å². The molecule has 0 amide bonds. The lowest BCUT2D eigenvalue weighted by molar-refractivity contribution is 0.309. The highest BCUT2D eigenvalue weighted by atomic mass is 19.1. The molecule has 2 aromatic rings. The lowest BCUT2D eigenvalue weighted by Crippen LogP contribution is -2.15. The van der Waals surface area contributed by atoms with Crippen molar-refractivity contribution in [2.24, 2.45) is 5.73 Å². The predicted molar refractivity (Wildman–Crippen MR) is 99.9 cm³/mol. The Morgan fingerprint density at radius 2 is 1.92 bits per heavy atom. The average Bonchev–Trinajstić information content (AvgIpc) is 2.62. The molecule has 25 heavy (non-hydrogen) atoms. The average molecular weight is 345 g/mol. The summed E-state index contributed by atoms with van der Waals surface area (Å²) in [6.07, 6.45) is 2.90. The van der Waals surface area contributed by atoms with Gasteiger partial charge in [-0.3, -0.25) is 0 Å². The van der Waals surface area contributed by atoms with Crippen LogP contribution in [0.2, 0.25) is 0 Å². The normalized spacial score (nSPS) is 12.0. The molecular weight excluding hydrogens is 317 g/mol. The van der Waals surface area contributed by atoms with Crippen LogP contribution in [0, 0.1) is 5.82 Å². The third-order valence-corrected chi connectivity index (χ3v) is 4.16. The number of unbranched alkanes of at least 4 members (excludes halogenated alkanes) is 1. The number of hydrogen-bond acceptors (Lipinski definition) is 3. The first-order chi connectivity index (χ1) is 12.2. The summed E-state index contributed by atoms with van der Waals surface area (Å²) in [5.41, 5.74) is 7.98. The summed E-state index contributed by atoms with van der Waals surface area (Å²) in [4.78, 5) is 0. The van der Waals surface area contributed by atoms with E-state index in [4.69, 9.17) is 15.2 Å². The van der Waals surface area contributed by atoms with Gasteiger partial charge in [-0.2, -0.15) is 0 Å². The molecule has 0 aliphatic rings. The Balaban J connectivity index is 2.09. The van der Waals surface area contributed by atoms with Crippen molar-refractivity contribution in [3.05, 3.63) is 59.4 Å². The zero-order valence-corrected chi connectivity index (χ0v) is 15.1. The van der Waals surface area contributed by atoms with Gasteiger partial charge in [0.1, 0.15) is 5.75 Å². The maximum atomic E-state index is 14.1. The molecule has 0 aromatic heterocycles. The second-order valence-corrected chi connectivity index (χ2v) is 6.11. The minimum Gasteiger partial charge on any atom is -0.494 e. The van der Waals surface area contributed by atoms with E-state index in [2.05, 4.69) is 13.0 Å². The van der Waals surface area contributed by atoms with E-state index >= 15 is 0 Å². The molecule has 0 bridgehead atoms. The SMILES string of the molecule is CCCCOc1cccc(CC(CN)c2ccc(OCC)c(F)c2)c1. The summed E-state index contributed by atoms with van der Waals surface area (Å²) < 4.78 is 25.1. The molecule has 0 fully saturated rings. The monoisotopic (exact) mass is 345 g/mol. The lowest BCUT2D eigenvalue weighted by atomic mass is 9.92. The molecule has 0 aliphatic heterocycles. The van der Waals surface area contributed by atoms with Gasteiger partial charge in [-0.1, -0.05) is 31.5 Å². The number of halogens is 1. The van der Waals surface area contributed by atoms with E-state index in [0.29, 0.717) is 13.2 Å². The fraction of sp³-hybridized carbons (Fsp3) is 0.429. The molecule has 3 nitrogen and oxygen atoms in total. The number of hydrogen-bond donors (Lipinski definition) is 1. The van der Waals surface area contributed by atoms with Crippen LogP contribution >= 0.6 is 0 Å². The molecule has 0 saturated heterocycles. The first-order valence-electron chi connectivity index (χ1n) is 9.02. The molecule has 2 N–H and O–H groups in total. The summed E-state index contributed by atoms with van der Waals surface area (Å²) >= 11 is 0. The van der Waals surface area contributed by atoms with Crippen LogP contribution in [0.4, 0.5) is 4.39 Å². The molecule has 2 rings (SSSR count). The zero-order chi connectivity index (χ0) is 18.1. The van der Waals surface area contributed by atoms with Crippen LogP contribution in [0.3, 0.4) is 0 Å². The summed E-state index contributed by atoms with van der Waals surface area (Å²) in [6, 6.07) is 13.2. The molecule has 0 heterocycles. The van der Waals surface area contributed by atoms with Crippen molar-refractivity contribution >= 4 is 0 Å². The highest BCUT2D eigenvalue weighted by molar-refractivity contribution is 5.34. The van der Waals surface area contributed by atoms with Gasteiger partial charge < -0.3 is 15.2 Å². The summed E-state index contributed by atoms with van der Waals surface area (Å²) in [6.45, 7) is 5.60. The van der Waals surface area contributed by atoms with Crippen molar-refractivity contribution in [1.82, 2.24) is 0 Å². The summed E-state index contributed by atoms with van der Waals surface area (Å²) in [7, 11) is 0. The molecule has 1 atom stereocenters. The molecule has 1 unspecified atom stereocenters. The Hall–Kier alpha value is -2.07. The Labute approximate surface area is 150 Å². The topological polar surface area (TPSA) is 44.5 Å². The molecule has 2 aromatic carbocycles. The van der Waals surface area contributed by atoms with Gasteiger partial charge in [0.25, 0.3) is 0 Å². The van der Waals surface area contributed by atoms with Gasteiger partial charge in [0.15, 0.2) is 11.6 Å². The Kier molecular flexibility index (Phi) is 7.74. The molecule has 136 valence electrons. The van der Waals surface area contributed by atoms with E-state index in [1.165, 1.54) is 6.07 Å². The minimum atomic E-state index is -0.338. The highest BCUT2D eigenvalue weighted by Gasteiger charge is 2.14. The van der Waals surface area contributed by atoms with Crippen molar-refractivity contribution in [3.63, 3.8) is 0 Å². The number of benzene rings is 2. The van der Waals surface area contributed by atoms with Gasteiger partial charge in [-0.15, -0.1) is 0 Å². The lowest BCUT2D eigenvalue weighted by Gasteiger charge is -2.17. The van der Waals surface area contributed by atoms with Crippen molar-refractivity contribution in [3.8, 4) is 11.5 Å². The van der Waals surface area contributed by atoms with Gasteiger partial charge in [0.2, 0.25) is 0 Å². The standard InChI is InChI=1S/C21H28FNO2/c1-3-5-11-25-19-8-6-7-16(13-19)12-18(15-23)17-9-10-21(24-4-2)20(22)14-17/h6-10,13-14,18H,3-5,11-12,15,23H2,1-2H3. The second kappa shape index (κ2) is 10.0. The van der Waals surface area contributed by atoms with Crippen molar-refractivity contribution in [2.75, 3.05) is 19.8 Å². The number of nitrogens with two attached hydrogens (primary N) is 1. The van der Waals surface area contributed by atoms with E-state index in [1.54, 1.807) is 6.07 Å². The first-order valence-corrected chi connectivity index (χ1v) is 9.02. The Morgan fingerprint density at radius 1 is 1.08 bits per heavy atom. The third-order valence-electron chi connectivity index (χ3n) is 4.16. The molecule has 0 spiro atoms. The van der Waals surface area contributed by atoms with Crippen molar-refractivity contribution in [1.29, 1.82) is 0 Å². The van der Waals surface area contributed by atoms with Crippen molar-refractivity contribution < 1.29 is 13.9 Å². The Bertz CT molecular complexity index is 660. The fourth-order valence-corrected chi connectivity index (χ4v) is 2.76. The molecule has 4 heteroatoms.